The van der Waals surface area contributed by atoms with Crippen molar-refractivity contribution < 1.29 is 9.32 Å². The van der Waals surface area contributed by atoms with Crippen molar-refractivity contribution in [1.29, 1.82) is 0 Å². The molecule has 1 saturated heterocycles. The van der Waals surface area contributed by atoms with Crippen LogP contribution in [-0.2, 0) is 10.2 Å². The van der Waals surface area contributed by atoms with E-state index in [9.17, 15) is 4.79 Å². The van der Waals surface area contributed by atoms with Crippen molar-refractivity contribution in [1.82, 2.24) is 10.5 Å². The van der Waals surface area contributed by atoms with Gasteiger partial charge in [0.2, 0.25) is 11.8 Å². The van der Waals surface area contributed by atoms with Crippen molar-refractivity contribution in [3.63, 3.8) is 0 Å². The summed E-state index contributed by atoms with van der Waals surface area (Å²) in [6, 6.07) is 1.69. The van der Waals surface area contributed by atoms with Gasteiger partial charge in [-0.25, -0.2) is 0 Å². The van der Waals surface area contributed by atoms with Crippen LogP contribution in [-0.4, -0.2) is 23.7 Å². The van der Waals surface area contributed by atoms with Crippen molar-refractivity contribution in [2.24, 2.45) is 0 Å². The maximum atomic E-state index is 11.8. The molecule has 5 nitrogen and oxygen atoms in total. The molecule has 1 fully saturated rings. The Morgan fingerprint density at radius 3 is 2.88 bits per heavy atom. The minimum atomic E-state index is -0.0989. The predicted octanol–water partition coefficient (Wildman–Crippen LogP) is 1.66. The van der Waals surface area contributed by atoms with Gasteiger partial charge in [-0.2, -0.15) is 0 Å². The quantitative estimate of drug-likeness (QED) is 0.821. The minimum absolute atomic E-state index is 0.0425. The zero-order valence-corrected chi connectivity index (χ0v) is 10.5. The average Bonchev–Trinajstić information content (AvgIpc) is 2.85. The van der Waals surface area contributed by atoms with Crippen LogP contribution >= 0.6 is 0 Å². The van der Waals surface area contributed by atoms with E-state index in [1.807, 2.05) is 0 Å². The van der Waals surface area contributed by atoms with Gasteiger partial charge < -0.3 is 9.84 Å². The SMILES string of the molecule is CC(C)(C)c1cc(NC(=O)[C@@H]2CCCN2)on1. The third-order valence-corrected chi connectivity index (χ3v) is 2.90. The van der Waals surface area contributed by atoms with E-state index in [-0.39, 0.29) is 17.4 Å². The molecule has 2 rings (SSSR count). The standard InChI is InChI=1S/C12H19N3O2/c1-12(2,3)9-7-10(17-15-9)14-11(16)8-5-4-6-13-8/h7-8,13H,4-6H2,1-3H3,(H,14,16)/t8-/m0/s1. The van der Waals surface area contributed by atoms with Crippen LogP contribution in [0.25, 0.3) is 0 Å². The summed E-state index contributed by atoms with van der Waals surface area (Å²) in [7, 11) is 0. The van der Waals surface area contributed by atoms with Crippen LogP contribution in [0.5, 0.6) is 0 Å². The fourth-order valence-electron chi connectivity index (χ4n) is 1.80. The van der Waals surface area contributed by atoms with Crippen LogP contribution in [0.15, 0.2) is 10.6 Å². The second kappa shape index (κ2) is 4.49. The highest BCUT2D eigenvalue weighted by molar-refractivity contribution is 5.93. The Hall–Kier alpha value is -1.36. The average molecular weight is 237 g/mol. The van der Waals surface area contributed by atoms with Gasteiger partial charge in [0.1, 0.15) is 0 Å². The molecule has 1 aliphatic rings. The molecule has 0 radical (unpaired) electrons. The lowest BCUT2D eigenvalue weighted by molar-refractivity contribution is -0.117. The van der Waals surface area contributed by atoms with E-state index in [0.717, 1.165) is 25.1 Å². The van der Waals surface area contributed by atoms with Gasteiger partial charge in [-0.15, -0.1) is 0 Å². The van der Waals surface area contributed by atoms with Gasteiger partial charge in [-0.1, -0.05) is 25.9 Å². The lowest BCUT2D eigenvalue weighted by Crippen LogP contribution is -2.35. The molecular weight excluding hydrogens is 218 g/mol. The topological polar surface area (TPSA) is 67.2 Å². The van der Waals surface area contributed by atoms with Crippen molar-refractivity contribution in [3.05, 3.63) is 11.8 Å². The van der Waals surface area contributed by atoms with Crippen molar-refractivity contribution in [2.75, 3.05) is 11.9 Å². The van der Waals surface area contributed by atoms with Gasteiger partial charge in [-0.05, 0) is 19.4 Å². The van der Waals surface area contributed by atoms with E-state index in [1.165, 1.54) is 0 Å². The molecule has 1 aliphatic heterocycles. The van der Waals surface area contributed by atoms with Crippen LogP contribution < -0.4 is 10.6 Å². The first-order chi connectivity index (χ1) is 7.97. The molecule has 94 valence electrons. The van der Waals surface area contributed by atoms with E-state index in [1.54, 1.807) is 6.07 Å². The van der Waals surface area contributed by atoms with E-state index in [4.69, 9.17) is 4.52 Å². The molecule has 17 heavy (non-hydrogen) atoms. The summed E-state index contributed by atoms with van der Waals surface area (Å²) in [6.07, 6.45) is 1.92. The highest BCUT2D eigenvalue weighted by Crippen LogP contribution is 2.23. The Bertz CT molecular complexity index is 400. The third-order valence-electron chi connectivity index (χ3n) is 2.90. The van der Waals surface area contributed by atoms with E-state index in [2.05, 4.69) is 36.6 Å². The van der Waals surface area contributed by atoms with Gasteiger partial charge in [0, 0.05) is 11.5 Å². The molecule has 0 aromatic carbocycles. The number of hydrogen-bond acceptors (Lipinski definition) is 4. The summed E-state index contributed by atoms with van der Waals surface area (Å²) in [5.74, 6) is 0.382. The summed E-state index contributed by atoms with van der Waals surface area (Å²) in [5, 5.41) is 9.84. The third kappa shape index (κ3) is 2.85. The number of carbonyl (C=O) groups excluding carboxylic acids is 1. The molecule has 2 N–H and O–H groups in total. The Morgan fingerprint density at radius 1 is 1.59 bits per heavy atom. The van der Waals surface area contributed by atoms with Crippen LogP contribution in [0.1, 0.15) is 39.3 Å². The predicted molar refractivity (Wildman–Crippen MR) is 64.9 cm³/mol. The fourth-order valence-corrected chi connectivity index (χ4v) is 1.80. The van der Waals surface area contributed by atoms with Gasteiger partial charge in [-0.3, -0.25) is 10.1 Å². The molecule has 0 spiro atoms. The molecule has 2 heterocycles. The lowest BCUT2D eigenvalue weighted by atomic mass is 9.92. The normalized spacial score (nSPS) is 20.5. The zero-order valence-electron chi connectivity index (χ0n) is 10.5. The summed E-state index contributed by atoms with van der Waals surface area (Å²) >= 11 is 0. The van der Waals surface area contributed by atoms with Gasteiger partial charge in [0.05, 0.1) is 11.7 Å². The Morgan fingerprint density at radius 2 is 2.35 bits per heavy atom. The minimum Gasteiger partial charge on any atom is -0.338 e. The number of carbonyl (C=O) groups is 1. The van der Waals surface area contributed by atoms with Gasteiger partial charge in [0.15, 0.2) is 0 Å². The first-order valence-electron chi connectivity index (χ1n) is 5.98. The van der Waals surface area contributed by atoms with Crippen molar-refractivity contribution >= 4 is 11.8 Å². The summed E-state index contributed by atoms with van der Waals surface area (Å²) in [6.45, 7) is 7.06. The zero-order chi connectivity index (χ0) is 12.5. The van der Waals surface area contributed by atoms with Crippen molar-refractivity contribution in [3.8, 4) is 0 Å². The molecule has 0 unspecified atom stereocenters. The number of anilines is 1. The van der Waals surface area contributed by atoms with Crippen molar-refractivity contribution in [2.45, 2.75) is 45.1 Å². The Kier molecular flexibility index (Phi) is 3.19. The highest BCUT2D eigenvalue weighted by Gasteiger charge is 2.24. The Labute approximate surface area is 101 Å². The van der Waals surface area contributed by atoms with Crippen LogP contribution in [0.3, 0.4) is 0 Å². The maximum Gasteiger partial charge on any atom is 0.243 e. The van der Waals surface area contributed by atoms with Crippen LogP contribution in [0.2, 0.25) is 0 Å². The number of nitrogens with zero attached hydrogens (tertiary/aromatic N) is 1. The number of aromatic nitrogens is 1. The molecule has 0 saturated carbocycles. The Balaban J connectivity index is 1.99. The largest absolute Gasteiger partial charge is 0.338 e. The highest BCUT2D eigenvalue weighted by atomic mass is 16.5. The number of amides is 1. The van der Waals surface area contributed by atoms with Crippen LogP contribution in [0, 0.1) is 0 Å². The van der Waals surface area contributed by atoms with Gasteiger partial charge >= 0.3 is 0 Å². The first-order valence-corrected chi connectivity index (χ1v) is 5.98. The molecule has 1 amide bonds. The van der Waals surface area contributed by atoms with Gasteiger partial charge in [0.25, 0.3) is 0 Å². The number of nitrogens with one attached hydrogen (secondary N) is 2. The van der Waals surface area contributed by atoms with E-state index in [0.29, 0.717) is 5.88 Å². The van der Waals surface area contributed by atoms with E-state index < -0.39 is 0 Å². The molecule has 0 bridgehead atoms. The molecule has 1 aromatic rings. The second-order valence-electron chi connectivity index (χ2n) is 5.46. The summed E-state index contributed by atoms with van der Waals surface area (Å²) in [5.41, 5.74) is 0.769. The molecule has 1 aromatic heterocycles. The molecular formula is C12H19N3O2. The smallest absolute Gasteiger partial charge is 0.243 e. The monoisotopic (exact) mass is 237 g/mol. The fraction of sp³-hybridized carbons (Fsp3) is 0.667. The maximum absolute atomic E-state index is 11.8. The van der Waals surface area contributed by atoms with Crippen LogP contribution in [0.4, 0.5) is 5.88 Å². The second-order valence-corrected chi connectivity index (χ2v) is 5.46. The molecule has 0 aliphatic carbocycles. The van der Waals surface area contributed by atoms with E-state index >= 15 is 0 Å². The summed E-state index contributed by atoms with van der Waals surface area (Å²) in [4.78, 5) is 11.8. The first kappa shape index (κ1) is 12.1. The summed E-state index contributed by atoms with van der Waals surface area (Å²) < 4.78 is 5.11. The number of hydrogen-bond donors (Lipinski definition) is 2. The molecule has 1 atom stereocenters. The number of rotatable bonds is 2. The lowest BCUT2D eigenvalue weighted by Gasteiger charge is -2.12. The molecule has 5 heteroatoms.